The van der Waals surface area contributed by atoms with Gasteiger partial charge in [-0.15, -0.1) is 0 Å². The molecule has 2 rings (SSSR count). The van der Waals surface area contributed by atoms with Gasteiger partial charge in [0.05, 0.1) is 22.2 Å². The van der Waals surface area contributed by atoms with Gasteiger partial charge in [0.1, 0.15) is 0 Å². The molecule has 138 valence electrons. The van der Waals surface area contributed by atoms with E-state index in [-0.39, 0.29) is 10.7 Å². The van der Waals surface area contributed by atoms with Gasteiger partial charge in [-0.05, 0) is 37.3 Å². The van der Waals surface area contributed by atoms with Gasteiger partial charge in [-0.1, -0.05) is 23.2 Å². The monoisotopic (exact) mass is 405 g/mol. The van der Waals surface area contributed by atoms with Crippen LogP contribution in [0.2, 0.25) is 10.0 Å². The van der Waals surface area contributed by atoms with Crippen molar-refractivity contribution in [2.75, 3.05) is 6.61 Å². The number of ether oxygens (including phenoxy) is 1. The van der Waals surface area contributed by atoms with Crippen molar-refractivity contribution in [2.45, 2.75) is 19.0 Å². The van der Waals surface area contributed by atoms with E-state index in [0.717, 1.165) is 0 Å². The molecule has 0 fully saturated rings. The lowest BCUT2D eigenvalue weighted by atomic mass is 10.1. The number of nitrogens with zero attached hydrogens (tertiary/aromatic N) is 1. The van der Waals surface area contributed by atoms with Crippen molar-refractivity contribution in [2.24, 2.45) is 0 Å². The number of hydrogen-bond acceptors (Lipinski definition) is 4. The van der Waals surface area contributed by atoms with Crippen molar-refractivity contribution in [1.82, 2.24) is 4.98 Å². The number of hydrogen-bond donors (Lipinski definition) is 0. The number of pyridine rings is 1. The molecule has 1 aromatic heterocycles. The zero-order valence-electron chi connectivity index (χ0n) is 13.3. The maximum Gasteiger partial charge on any atom is 0.417 e. The zero-order valence-corrected chi connectivity index (χ0v) is 14.8. The third kappa shape index (κ3) is 4.95. The normalized spacial score (nSPS) is 12.5. The second-order valence-electron chi connectivity index (χ2n) is 5.35. The highest BCUT2D eigenvalue weighted by atomic mass is 35.5. The molecular weight excluding hydrogens is 394 g/mol. The highest BCUT2D eigenvalue weighted by molar-refractivity contribution is 6.31. The number of carbonyl (C=O) groups is 2. The molecule has 0 bridgehead atoms. The van der Waals surface area contributed by atoms with Gasteiger partial charge in [0.25, 0.3) is 0 Å². The van der Waals surface area contributed by atoms with Crippen LogP contribution in [-0.4, -0.2) is 23.3 Å². The summed E-state index contributed by atoms with van der Waals surface area (Å²) in [6.45, 7) is 0.847. The number of Topliss-reactive ketones (excluding diaryl/α,β-unsaturated/α-hetero) is 1. The van der Waals surface area contributed by atoms with Crippen molar-refractivity contribution in [1.29, 1.82) is 0 Å². The molecule has 0 radical (unpaired) electrons. The van der Waals surface area contributed by atoms with Crippen LogP contribution >= 0.6 is 23.2 Å². The third-order valence-corrected chi connectivity index (χ3v) is 4.03. The number of alkyl halides is 3. The van der Waals surface area contributed by atoms with E-state index in [1.54, 1.807) is 0 Å². The number of ketones is 1. The Morgan fingerprint density at radius 2 is 1.81 bits per heavy atom. The SMILES string of the molecule is C[C@@H](C(=O)OCC(=O)c1ccc(Cl)cc1)c1ncc(C(F)(F)F)cc1Cl. The summed E-state index contributed by atoms with van der Waals surface area (Å²) < 4.78 is 42.8. The second kappa shape index (κ2) is 8.05. The molecule has 2 aromatic rings. The lowest BCUT2D eigenvalue weighted by molar-refractivity contribution is -0.144. The summed E-state index contributed by atoms with van der Waals surface area (Å²) in [4.78, 5) is 27.6. The fourth-order valence-corrected chi connectivity index (χ4v) is 2.47. The summed E-state index contributed by atoms with van der Waals surface area (Å²) in [5.41, 5.74) is -0.783. The molecule has 0 aliphatic carbocycles. The van der Waals surface area contributed by atoms with Gasteiger partial charge in [-0.25, -0.2) is 0 Å². The third-order valence-electron chi connectivity index (χ3n) is 3.47. The first kappa shape index (κ1) is 20.2. The smallest absolute Gasteiger partial charge is 0.417 e. The first-order chi connectivity index (χ1) is 12.1. The number of halogens is 5. The van der Waals surface area contributed by atoms with E-state index < -0.39 is 36.0 Å². The maximum atomic E-state index is 12.6. The topological polar surface area (TPSA) is 56.3 Å². The second-order valence-corrected chi connectivity index (χ2v) is 6.19. The highest BCUT2D eigenvalue weighted by Crippen LogP contribution is 2.33. The molecule has 0 amide bonds. The van der Waals surface area contributed by atoms with Crippen molar-refractivity contribution < 1.29 is 27.5 Å². The van der Waals surface area contributed by atoms with Crippen LogP contribution in [0.1, 0.15) is 34.5 Å². The van der Waals surface area contributed by atoms with Crippen LogP contribution in [0, 0.1) is 0 Å². The molecule has 9 heteroatoms. The Labute approximate surface area is 156 Å². The number of carbonyl (C=O) groups excluding carboxylic acids is 2. The summed E-state index contributed by atoms with van der Waals surface area (Å²) >= 11 is 11.5. The van der Waals surface area contributed by atoms with E-state index in [4.69, 9.17) is 27.9 Å². The lowest BCUT2D eigenvalue weighted by Crippen LogP contribution is -2.20. The highest BCUT2D eigenvalue weighted by Gasteiger charge is 2.32. The van der Waals surface area contributed by atoms with E-state index in [1.807, 2.05) is 0 Å². The Hall–Kier alpha value is -2.12. The average Bonchev–Trinajstić information content (AvgIpc) is 2.58. The van der Waals surface area contributed by atoms with Crippen molar-refractivity contribution in [3.63, 3.8) is 0 Å². The van der Waals surface area contributed by atoms with Gasteiger partial charge in [-0.2, -0.15) is 13.2 Å². The Kier molecular flexibility index (Phi) is 6.26. The molecule has 0 spiro atoms. The molecular formula is C17H12Cl2F3NO3. The number of aromatic nitrogens is 1. The summed E-state index contributed by atoms with van der Waals surface area (Å²) in [7, 11) is 0. The molecule has 1 atom stereocenters. The number of esters is 1. The zero-order chi connectivity index (χ0) is 19.5. The molecule has 4 nitrogen and oxygen atoms in total. The van der Waals surface area contributed by atoms with E-state index >= 15 is 0 Å². The Morgan fingerprint density at radius 3 is 2.35 bits per heavy atom. The fourth-order valence-electron chi connectivity index (χ4n) is 2.01. The van der Waals surface area contributed by atoms with Gasteiger partial charge >= 0.3 is 12.1 Å². The van der Waals surface area contributed by atoms with E-state index in [1.165, 1.54) is 31.2 Å². The molecule has 0 saturated heterocycles. The molecule has 0 saturated carbocycles. The van der Waals surface area contributed by atoms with Gasteiger partial charge in [-0.3, -0.25) is 14.6 Å². The van der Waals surface area contributed by atoms with Crippen LogP contribution in [0.3, 0.4) is 0 Å². The molecule has 0 N–H and O–H groups in total. The van der Waals surface area contributed by atoms with Gasteiger partial charge in [0.15, 0.2) is 12.4 Å². The molecule has 1 aromatic carbocycles. The first-order valence-electron chi connectivity index (χ1n) is 7.27. The van der Waals surface area contributed by atoms with Crippen LogP contribution in [-0.2, 0) is 15.7 Å². The van der Waals surface area contributed by atoms with Crippen LogP contribution in [0.15, 0.2) is 36.5 Å². The standard InChI is InChI=1S/C17H12Cl2F3NO3/c1-9(15-13(19)6-11(7-23-15)17(20,21)22)16(25)26-8-14(24)10-2-4-12(18)5-3-10/h2-7,9H,8H2,1H3/t9-/m1/s1. The van der Waals surface area contributed by atoms with Crippen molar-refractivity contribution in [3.8, 4) is 0 Å². The van der Waals surface area contributed by atoms with Crippen LogP contribution in [0.5, 0.6) is 0 Å². The maximum absolute atomic E-state index is 12.6. The summed E-state index contributed by atoms with van der Waals surface area (Å²) in [6, 6.07) is 6.69. The van der Waals surface area contributed by atoms with Crippen molar-refractivity contribution >= 4 is 35.0 Å². The summed E-state index contributed by atoms with van der Waals surface area (Å²) in [5, 5.41) is 0.142. The number of benzene rings is 1. The number of rotatable bonds is 5. The molecule has 0 aliphatic rings. The summed E-state index contributed by atoms with van der Waals surface area (Å²) in [5.74, 6) is -2.32. The van der Waals surface area contributed by atoms with E-state index in [9.17, 15) is 22.8 Å². The first-order valence-corrected chi connectivity index (χ1v) is 8.03. The molecule has 1 heterocycles. The van der Waals surface area contributed by atoms with Crippen molar-refractivity contribution in [3.05, 3.63) is 63.4 Å². The van der Waals surface area contributed by atoms with Crippen LogP contribution in [0.25, 0.3) is 0 Å². The molecule has 0 unspecified atom stereocenters. The minimum Gasteiger partial charge on any atom is -0.457 e. The minimum absolute atomic E-state index is 0.0661. The van der Waals surface area contributed by atoms with E-state index in [0.29, 0.717) is 22.8 Å². The molecule has 26 heavy (non-hydrogen) atoms. The average molecular weight is 406 g/mol. The Bertz CT molecular complexity index is 823. The van der Waals surface area contributed by atoms with Gasteiger partial charge < -0.3 is 4.74 Å². The molecule has 0 aliphatic heterocycles. The predicted octanol–water partition coefficient (Wildman–Crippen LogP) is 4.94. The van der Waals surface area contributed by atoms with Crippen LogP contribution in [0.4, 0.5) is 13.2 Å². The predicted molar refractivity (Wildman–Crippen MR) is 89.4 cm³/mol. The Balaban J connectivity index is 2.03. The van der Waals surface area contributed by atoms with Gasteiger partial charge in [0, 0.05) is 16.8 Å². The summed E-state index contributed by atoms with van der Waals surface area (Å²) in [6.07, 6.45) is -4.01. The minimum atomic E-state index is -4.59. The fraction of sp³-hybridized carbons (Fsp3) is 0.235. The largest absolute Gasteiger partial charge is 0.457 e. The van der Waals surface area contributed by atoms with Gasteiger partial charge in [0.2, 0.25) is 0 Å². The van der Waals surface area contributed by atoms with E-state index in [2.05, 4.69) is 4.98 Å². The van der Waals surface area contributed by atoms with Crippen LogP contribution < -0.4 is 0 Å². The lowest BCUT2D eigenvalue weighted by Gasteiger charge is -2.14. The Morgan fingerprint density at radius 1 is 1.19 bits per heavy atom. The quantitative estimate of drug-likeness (QED) is 0.522.